The number of carboxylic acid groups (broad SMARTS) is 1. The van der Waals surface area contributed by atoms with Crippen molar-refractivity contribution in [2.45, 2.75) is 44.4 Å². The molecule has 39 heavy (non-hydrogen) atoms. The van der Waals surface area contributed by atoms with Gasteiger partial charge in [0.2, 0.25) is 0 Å². The average Bonchev–Trinajstić information content (AvgIpc) is 3.32. The molecule has 2 saturated heterocycles. The first-order valence-electron chi connectivity index (χ1n) is 12.8. The molecule has 0 spiro atoms. The predicted octanol–water partition coefficient (Wildman–Crippen LogP) is 2.62. The number of likely N-dealkylation sites (tertiary alicyclic amines) is 1. The Bertz CT molecular complexity index is 1050. The van der Waals surface area contributed by atoms with Crippen LogP contribution in [0.25, 0.3) is 0 Å². The molecule has 216 valence electrons. The first-order valence-corrected chi connectivity index (χ1v) is 12.8. The van der Waals surface area contributed by atoms with Crippen LogP contribution in [0.3, 0.4) is 0 Å². The molecule has 0 aliphatic carbocycles. The molecule has 2 fully saturated rings. The van der Waals surface area contributed by atoms with E-state index in [1.54, 1.807) is 18.6 Å². The molecule has 2 aromatic rings. The van der Waals surface area contributed by atoms with Crippen LogP contribution in [-0.2, 0) is 4.79 Å². The fraction of sp³-hybridized carbons (Fsp3) is 0.600. The molecule has 2 N–H and O–H groups in total. The van der Waals surface area contributed by atoms with E-state index >= 15 is 0 Å². The summed E-state index contributed by atoms with van der Waals surface area (Å²) >= 11 is 0. The molecule has 2 aliphatic heterocycles. The number of nitrogens with zero attached hydrogens (tertiary/aromatic N) is 5. The second-order valence-electron chi connectivity index (χ2n) is 9.15. The van der Waals surface area contributed by atoms with Crippen molar-refractivity contribution in [1.82, 2.24) is 25.2 Å². The van der Waals surface area contributed by atoms with Crippen molar-refractivity contribution >= 4 is 11.8 Å². The van der Waals surface area contributed by atoms with E-state index in [1.807, 2.05) is 12.1 Å². The average molecular weight is 557 g/mol. The Morgan fingerprint density at radius 1 is 1.08 bits per heavy atom. The van der Waals surface area contributed by atoms with Crippen LogP contribution >= 0.6 is 0 Å². The lowest BCUT2D eigenvalue weighted by atomic mass is 10.1. The fourth-order valence-electron chi connectivity index (χ4n) is 4.29. The number of aliphatic carboxylic acids is 1. The number of alkyl halides is 3. The summed E-state index contributed by atoms with van der Waals surface area (Å²) in [4.78, 5) is 26.8. The molecule has 0 radical (unpaired) electrons. The molecular weight excluding hydrogens is 521 g/mol. The van der Waals surface area contributed by atoms with E-state index in [2.05, 4.69) is 44.0 Å². The van der Waals surface area contributed by atoms with Crippen LogP contribution in [0, 0.1) is 0 Å². The Morgan fingerprint density at radius 2 is 1.77 bits per heavy atom. The van der Waals surface area contributed by atoms with Gasteiger partial charge in [0, 0.05) is 50.3 Å². The van der Waals surface area contributed by atoms with Gasteiger partial charge < -0.3 is 34.4 Å². The number of piperazine rings is 1. The number of rotatable bonds is 10. The normalized spacial score (nSPS) is 19.7. The number of pyridine rings is 1. The number of nitrogens with one attached hydrogen (secondary N) is 1. The zero-order valence-electron chi connectivity index (χ0n) is 22.1. The summed E-state index contributed by atoms with van der Waals surface area (Å²) in [6.45, 7) is 7.40. The minimum Gasteiger partial charge on any atom is -0.484 e. The topological polar surface area (TPSA) is 122 Å². The second kappa shape index (κ2) is 14.7. The highest BCUT2D eigenvalue weighted by atomic mass is 19.4. The van der Waals surface area contributed by atoms with Crippen LogP contribution < -0.4 is 24.4 Å². The van der Waals surface area contributed by atoms with Gasteiger partial charge in [0.05, 0.1) is 6.61 Å². The number of anilines is 1. The fourth-order valence-corrected chi connectivity index (χ4v) is 4.29. The van der Waals surface area contributed by atoms with E-state index in [1.165, 1.54) is 19.4 Å². The summed E-state index contributed by atoms with van der Waals surface area (Å²) < 4.78 is 49.5. The van der Waals surface area contributed by atoms with Crippen LogP contribution in [-0.4, -0.2) is 102 Å². The van der Waals surface area contributed by atoms with Gasteiger partial charge in [0.15, 0.2) is 11.6 Å². The molecule has 0 saturated carbocycles. The first kappa shape index (κ1) is 30.2. The number of hydrogen-bond acceptors (Lipinski definition) is 10. The zero-order valence-corrected chi connectivity index (χ0v) is 22.1. The number of hydrogen-bond donors (Lipinski definition) is 2. The summed E-state index contributed by atoms with van der Waals surface area (Å²) in [5, 5.41) is 10.5. The summed E-state index contributed by atoms with van der Waals surface area (Å²) in [5.41, 5.74) is 0. The molecule has 14 heteroatoms. The second-order valence-corrected chi connectivity index (χ2v) is 9.15. The number of carboxylic acids is 1. The Kier molecular flexibility index (Phi) is 11.3. The van der Waals surface area contributed by atoms with Gasteiger partial charge in [-0.3, -0.25) is 0 Å². The van der Waals surface area contributed by atoms with Crippen molar-refractivity contribution in [3.63, 3.8) is 0 Å². The highest BCUT2D eigenvalue weighted by Gasteiger charge is 2.38. The third-order valence-electron chi connectivity index (χ3n) is 6.34. The minimum atomic E-state index is -5.08. The zero-order chi connectivity index (χ0) is 28.3. The van der Waals surface area contributed by atoms with Gasteiger partial charge in [-0.1, -0.05) is 0 Å². The molecule has 2 aliphatic rings. The number of aromatic nitrogens is 3. The molecular formula is C25H35F3N6O5. The van der Waals surface area contributed by atoms with Crippen molar-refractivity contribution in [1.29, 1.82) is 0 Å². The summed E-state index contributed by atoms with van der Waals surface area (Å²) in [7, 11) is 2.18. The third kappa shape index (κ3) is 9.39. The molecule has 0 amide bonds. The van der Waals surface area contributed by atoms with Crippen molar-refractivity contribution in [3.05, 3.63) is 30.7 Å². The highest BCUT2D eigenvalue weighted by Crippen LogP contribution is 2.27. The molecule has 2 atom stereocenters. The summed E-state index contributed by atoms with van der Waals surface area (Å²) in [5.74, 6) is -0.279. The van der Waals surface area contributed by atoms with Crippen molar-refractivity contribution in [3.8, 4) is 17.5 Å². The maximum absolute atomic E-state index is 10.6. The van der Waals surface area contributed by atoms with Gasteiger partial charge in [0.1, 0.15) is 13.2 Å². The third-order valence-corrected chi connectivity index (χ3v) is 6.34. The minimum absolute atomic E-state index is 0.332. The SMILES string of the molecule is C[C@@H]1CNCCN1c1nccnc1OCCOc1cccnc1OCCC1CCCN1C.O=C(O)C(F)(F)F. The lowest BCUT2D eigenvalue weighted by Crippen LogP contribution is -2.50. The van der Waals surface area contributed by atoms with Gasteiger partial charge >= 0.3 is 12.1 Å². The van der Waals surface area contributed by atoms with E-state index in [0.717, 1.165) is 31.9 Å². The van der Waals surface area contributed by atoms with Crippen LogP contribution in [0.1, 0.15) is 26.2 Å². The predicted molar refractivity (Wildman–Crippen MR) is 136 cm³/mol. The van der Waals surface area contributed by atoms with Gasteiger partial charge in [0.25, 0.3) is 11.8 Å². The Hall–Kier alpha value is -3.39. The molecule has 1 unspecified atom stereocenters. The number of halogens is 3. The van der Waals surface area contributed by atoms with E-state index in [9.17, 15) is 13.2 Å². The monoisotopic (exact) mass is 556 g/mol. The maximum Gasteiger partial charge on any atom is 0.490 e. The lowest BCUT2D eigenvalue weighted by Gasteiger charge is -2.35. The smallest absolute Gasteiger partial charge is 0.484 e. The Labute approximate surface area is 225 Å². The van der Waals surface area contributed by atoms with Gasteiger partial charge in [-0.2, -0.15) is 13.2 Å². The molecule has 0 bridgehead atoms. The Morgan fingerprint density at radius 3 is 2.46 bits per heavy atom. The molecule has 11 nitrogen and oxygen atoms in total. The number of ether oxygens (including phenoxy) is 3. The maximum atomic E-state index is 10.6. The number of carbonyl (C=O) groups is 1. The van der Waals surface area contributed by atoms with E-state index in [-0.39, 0.29) is 0 Å². The van der Waals surface area contributed by atoms with Crippen molar-refractivity contribution < 1.29 is 37.3 Å². The molecule has 0 aromatic carbocycles. The first-order chi connectivity index (χ1) is 18.7. The highest BCUT2D eigenvalue weighted by molar-refractivity contribution is 5.73. The quantitative estimate of drug-likeness (QED) is 0.420. The standard InChI is InChI=1S/C23H34N6O3.C2HF3O2/c1-18-17-24-11-13-29(18)21-23(27-10-9-25-21)32-16-15-30-20-6-3-8-26-22(20)31-14-7-19-5-4-12-28(19)2;3-2(4,5)1(6)7/h3,6,8-10,18-19,24H,4-5,7,11-17H2,1-2H3;(H,6,7)/t18-,19?;/m1./s1. The van der Waals surface area contributed by atoms with Crippen LogP contribution in [0.5, 0.6) is 17.5 Å². The van der Waals surface area contributed by atoms with Crippen LogP contribution in [0.4, 0.5) is 19.0 Å². The van der Waals surface area contributed by atoms with E-state index in [4.69, 9.17) is 24.1 Å². The van der Waals surface area contributed by atoms with Gasteiger partial charge in [-0.15, -0.1) is 0 Å². The van der Waals surface area contributed by atoms with Crippen LogP contribution in [0.15, 0.2) is 30.7 Å². The Balaban J connectivity index is 0.000000532. The van der Waals surface area contributed by atoms with Gasteiger partial charge in [-0.05, 0) is 51.9 Å². The van der Waals surface area contributed by atoms with Gasteiger partial charge in [-0.25, -0.2) is 19.7 Å². The largest absolute Gasteiger partial charge is 0.490 e. The van der Waals surface area contributed by atoms with Crippen LogP contribution in [0.2, 0.25) is 0 Å². The summed E-state index contributed by atoms with van der Waals surface area (Å²) in [6, 6.07) is 4.65. The molecule has 4 rings (SSSR count). The van der Waals surface area contributed by atoms with Crippen molar-refractivity contribution in [2.75, 3.05) is 57.9 Å². The van der Waals surface area contributed by atoms with E-state index in [0.29, 0.717) is 49.4 Å². The van der Waals surface area contributed by atoms with E-state index < -0.39 is 12.1 Å². The van der Waals surface area contributed by atoms with Crippen molar-refractivity contribution in [2.24, 2.45) is 0 Å². The summed E-state index contributed by atoms with van der Waals surface area (Å²) in [6.07, 6.45) is 3.49. The molecule has 4 heterocycles. The molecule has 2 aromatic heterocycles. The lowest BCUT2D eigenvalue weighted by molar-refractivity contribution is -0.192.